The lowest BCUT2D eigenvalue weighted by molar-refractivity contribution is -0.137. The number of hydrogen-bond acceptors (Lipinski definition) is 10. The first-order chi connectivity index (χ1) is 20.7. The van der Waals surface area contributed by atoms with Crippen molar-refractivity contribution in [3.8, 4) is 10.6 Å². The van der Waals surface area contributed by atoms with Gasteiger partial charge in [0.05, 0.1) is 48.6 Å². The molecule has 0 atom stereocenters. The Bertz CT molecular complexity index is 1540. The maximum absolute atomic E-state index is 14.2. The molecule has 0 radical (unpaired) electrons. The average molecular weight is 633 g/mol. The number of benzene rings is 1. The molecule has 9 nitrogen and oxygen atoms in total. The number of nitrogens with one attached hydrogen (secondary N) is 2. The highest BCUT2D eigenvalue weighted by Crippen LogP contribution is 2.44. The van der Waals surface area contributed by atoms with Gasteiger partial charge in [-0.25, -0.2) is 9.97 Å². The molecule has 3 fully saturated rings. The summed E-state index contributed by atoms with van der Waals surface area (Å²) in [5.74, 6) is 0.555. The molecule has 14 heteroatoms. The van der Waals surface area contributed by atoms with Gasteiger partial charge in [-0.15, -0.1) is 23.1 Å². The minimum Gasteiger partial charge on any atom is -0.377 e. The molecule has 0 bridgehead atoms. The lowest BCUT2D eigenvalue weighted by Crippen LogP contribution is -2.70. The van der Waals surface area contributed by atoms with Crippen LogP contribution in [-0.2, 0) is 22.1 Å². The summed E-state index contributed by atoms with van der Waals surface area (Å²) in [6.45, 7) is 7.57. The van der Waals surface area contributed by atoms with Crippen molar-refractivity contribution in [2.75, 3.05) is 68.6 Å². The Morgan fingerprint density at radius 1 is 1.19 bits per heavy atom. The van der Waals surface area contributed by atoms with Crippen LogP contribution in [0.5, 0.6) is 0 Å². The number of aromatic nitrogens is 2. The van der Waals surface area contributed by atoms with Gasteiger partial charge < -0.3 is 29.9 Å². The number of anilines is 3. The molecule has 1 aromatic carbocycles. The number of ether oxygens (including phenoxy) is 2. The highest BCUT2D eigenvalue weighted by Gasteiger charge is 2.42. The number of thioether (sulfide) groups is 1. The fraction of sp³-hybridized carbons (Fsp3) is 0.483. The number of halogens is 3. The number of fused-ring (bicyclic) bond motifs is 1. The van der Waals surface area contributed by atoms with Gasteiger partial charge in [-0.3, -0.25) is 4.79 Å². The Balaban J connectivity index is 1.18. The van der Waals surface area contributed by atoms with Crippen molar-refractivity contribution in [1.29, 1.82) is 0 Å². The first kappa shape index (κ1) is 28.8. The first-order valence-electron chi connectivity index (χ1n) is 14.3. The smallest absolute Gasteiger partial charge is 0.377 e. The molecule has 0 aliphatic carbocycles. The van der Waals surface area contributed by atoms with Crippen LogP contribution in [0.15, 0.2) is 35.4 Å². The third-order valence-corrected chi connectivity index (χ3v) is 10.6. The number of aryl methyl sites for hydroxylation is 1. The van der Waals surface area contributed by atoms with Gasteiger partial charge in [-0.1, -0.05) is 6.92 Å². The number of alkyl halides is 3. The Labute approximate surface area is 255 Å². The summed E-state index contributed by atoms with van der Waals surface area (Å²) in [5.41, 5.74) is 1.66. The molecule has 2 N–H and O–H groups in total. The highest BCUT2D eigenvalue weighted by atomic mass is 32.2. The van der Waals surface area contributed by atoms with Gasteiger partial charge in [0.15, 0.2) is 0 Å². The topological polar surface area (TPSA) is 91.9 Å². The second-order valence-corrected chi connectivity index (χ2v) is 13.4. The largest absolute Gasteiger partial charge is 0.420 e. The second kappa shape index (κ2) is 11.2. The molecular formula is C29H31F3N6O3S2. The van der Waals surface area contributed by atoms with Crippen LogP contribution in [0.2, 0.25) is 0 Å². The molecule has 43 heavy (non-hydrogen) atoms. The van der Waals surface area contributed by atoms with E-state index in [-0.39, 0.29) is 34.0 Å². The molecule has 0 unspecified atom stereocenters. The van der Waals surface area contributed by atoms with E-state index >= 15 is 0 Å². The van der Waals surface area contributed by atoms with Crippen molar-refractivity contribution in [2.24, 2.45) is 0 Å². The number of thiophene rings is 1. The van der Waals surface area contributed by atoms with Crippen LogP contribution in [0.4, 0.5) is 30.5 Å². The SMILES string of the molecule is CCc1cc(N2CCNC3(COC3)C2)ccc1Nc1ncc(C(F)(F)F)c(-c2cc3c(s2)C(=O)N(C2COC2)CCS3)n1. The fourth-order valence-electron chi connectivity index (χ4n) is 5.85. The fourth-order valence-corrected chi connectivity index (χ4v) is 8.17. The van der Waals surface area contributed by atoms with E-state index in [1.54, 1.807) is 11.0 Å². The van der Waals surface area contributed by atoms with E-state index in [2.05, 4.69) is 31.6 Å². The van der Waals surface area contributed by atoms with Crippen molar-refractivity contribution in [3.05, 3.63) is 46.5 Å². The average Bonchev–Trinajstić information content (AvgIpc) is 3.32. The second-order valence-electron chi connectivity index (χ2n) is 11.2. The van der Waals surface area contributed by atoms with Crippen LogP contribution in [0.3, 0.4) is 0 Å². The number of rotatable bonds is 6. The van der Waals surface area contributed by atoms with E-state index in [9.17, 15) is 18.0 Å². The zero-order valence-corrected chi connectivity index (χ0v) is 25.1. The minimum atomic E-state index is -4.66. The molecule has 228 valence electrons. The number of nitrogens with zero attached hydrogens (tertiary/aromatic N) is 4. The van der Waals surface area contributed by atoms with Gasteiger partial charge in [0.1, 0.15) is 10.4 Å². The first-order valence-corrected chi connectivity index (χ1v) is 16.1. The van der Waals surface area contributed by atoms with Gasteiger partial charge >= 0.3 is 6.18 Å². The Kier molecular flexibility index (Phi) is 7.53. The van der Waals surface area contributed by atoms with Crippen molar-refractivity contribution in [1.82, 2.24) is 20.2 Å². The summed E-state index contributed by atoms with van der Waals surface area (Å²) < 4.78 is 53.2. The summed E-state index contributed by atoms with van der Waals surface area (Å²) >= 11 is 2.53. The van der Waals surface area contributed by atoms with E-state index in [0.717, 1.165) is 54.1 Å². The highest BCUT2D eigenvalue weighted by molar-refractivity contribution is 7.99. The predicted octanol–water partition coefficient (Wildman–Crippen LogP) is 4.66. The van der Waals surface area contributed by atoms with Gasteiger partial charge in [-0.05, 0) is 36.2 Å². The van der Waals surface area contributed by atoms with E-state index < -0.39 is 11.7 Å². The van der Waals surface area contributed by atoms with Gasteiger partial charge in [0, 0.05) is 54.4 Å². The minimum absolute atomic E-state index is 0.000812. The molecule has 4 aliphatic heterocycles. The van der Waals surface area contributed by atoms with Crippen LogP contribution in [-0.4, -0.2) is 90.7 Å². The standard InChI is InChI=1S/C29H31F3N6O3S2/c1-2-17-9-18(37-6-5-34-28(14-37)15-41-16-28)3-4-21(17)35-27-33-11-20(29(30,31)32)24(36-27)22-10-23-25(43-22)26(39)38(7-8-42-23)19-12-40-13-19/h3-4,9-11,19,34H,2,5-8,12-16H2,1H3,(H,33,35,36). The maximum atomic E-state index is 14.2. The number of hydrogen-bond donors (Lipinski definition) is 2. The third-order valence-electron chi connectivity index (χ3n) is 8.34. The molecule has 7 rings (SSSR count). The Morgan fingerprint density at radius 3 is 2.72 bits per heavy atom. The van der Waals surface area contributed by atoms with Crippen LogP contribution in [0.1, 0.15) is 27.7 Å². The van der Waals surface area contributed by atoms with Crippen molar-refractivity contribution in [3.63, 3.8) is 0 Å². The summed E-state index contributed by atoms with van der Waals surface area (Å²) in [5, 5.41) is 6.74. The summed E-state index contributed by atoms with van der Waals surface area (Å²) in [6, 6.07) is 7.73. The van der Waals surface area contributed by atoms with E-state index in [1.165, 1.54) is 11.8 Å². The number of amides is 1. The molecule has 3 aromatic rings. The third kappa shape index (κ3) is 5.48. The molecule has 1 amide bonds. The van der Waals surface area contributed by atoms with Crippen LogP contribution < -0.4 is 15.5 Å². The monoisotopic (exact) mass is 632 g/mol. The van der Waals surface area contributed by atoms with Crippen molar-refractivity contribution in [2.45, 2.75) is 36.0 Å². The Hall–Kier alpha value is -2.91. The zero-order valence-electron chi connectivity index (χ0n) is 23.5. The predicted molar refractivity (Wildman–Crippen MR) is 160 cm³/mol. The molecule has 6 heterocycles. The normalized spacial score (nSPS) is 20.4. The molecule has 1 spiro atoms. The van der Waals surface area contributed by atoms with Crippen molar-refractivity contribution < 1.29 is 27.4 Å². The molecule has 4 aliphatic rings. The maximum Gasteiger partial charge on any atom is 0.420 e. The van der Waals surface area contributed by atoms with Gasteiger partial charge in [0.2, 0.25) is 5.95 Å². The van der Waals surface area contributed by atoms with Gasteiger partial charge in [0.25, 0.3) is 5.91 Å². The lowest BCUT2D eigenvalue weighted by Gasteiger charge is -2.49. The van der Waals surface area contributed by atoms with E-state index in [4.69, 9.17) is 9.47 Å². The number of piperazine rings is 1. The summed E-state index contributed by atoms with van der Waals surface area (Å²) in [6.07, 6.45) is -3.13. The van der Waals surface area contributed by atoms with Crippen molar-refractivity contribution >= 4 is 46.3 Å². The van der Waals surface area contributed by atoms with Crippen LogP contribution in [0.25, 0.3) is 10.6 Å². The molecule has 0 saturated carbocycles. The summed E-state index contributed by atoms with van der Waals surface area (Å²) in [4.78, 5) is 27.3. The van der Waals surface area contributed by atoms with Gasteiger partial charge in [-0.2, -0.15) is 13.2 Å². The molecule has 2 aromatic heterocycles. The zero-order chi connectivity index (χ0) is 29.8. The number of carbonyl (C=O) groups is 1. The summed E-state index contributed by atoms with van der Waals surface area (Å²) in [7, 11) is 0. The molecule has 3 saturated heterocycles. The quantitative estimate of drug-likeness (QED) is 0.403. The lowest BCUT2D eigenvalue weighted by atomic mass is 9.94. The van der Waals surface area contributed by atoms with E-state index in [1.807, 2.05) is 19.1 Å². The van der Waals surface area contributed by atoms with Crippen LogP contribution in [0, 0.1) is 0 Å². The molecular weight excluding hydrogens is 601 g/mol. The van der Waals surface area contributed by atoms with E-state index in [0.29, 0.717) is 54.9 Å². The van der Waals surface area contributed by atoms with Crippen LogP contribution >= 0.6 is 23.1 Å². The Morgan fingerprint density at radius 2 is 2.02 bits per heavy atom. The number of carbonyl (C=O) groups excluding carboxylic acids is 1.